The third-order valence-electron chi connectivity index (χ3n) is 3.53. The van der Waals surface area contributed by atoms with Crippen LogP contribution in [0.5, 0.6) is 5.75 Å². The monoisotopic (exact) mass is 288 g/mol. The summed E-state index contributed by atoms with van der Waals surface area (Å²) in [6.45, 7) is 4.71. The maximum absolute atomic E-state index is 11.3. The van der Waals surface area contributed by atoms with Crippen LogP contribution in [0.2, 0.25) is 0 Å². The zero-order valence-electron chi connectivity index (χ0n) is 12.3. The summed E-state index contributed by atoms with van der Waals surface area (Å²) < 4.78 is 7.21. The van der Waals surface area contributed by atoms with E-state index in [1.807, 2.05) is 30.3 Å². The SMILES string of the molecule is CCC(CC)COc1cn(-c2ccccc2)nc1C(=O)O. The standard InChI is InChI=1S/C16H20N2O3/c1-3-12(4-2)11-21-14-10-18(17-15(14)16(19)20)13-8-6-5-7-9-13/h5-10,12H,3-4,11H2,1-2H3,(H,19,20). The van der Waals surface area contributed by atoms with E-state index in [2.05, 4.69) is 18.9 Å². The number of aromatic nitrogens is 2. The van der Waals surface area contributed by atoms with Crippen LogP contribution in [0, 0.1) is 5.92 Å². The lowest BCUT2D eigenvalue weighted by Crippen LogP contribution is -2.11. The minimum atomic E-state index is -1.08. The lowest BCUT2D eigenvalue weighted by Gasteiger charge is -2.12. The van der Waals surface area contributed by atoms with Crippen LogP contribution in [-0.4, -0.2) is 27.5 Å². The van der Waals surface area contributed by atoms with Gasteiger partial charge in [-0.2, -0.15) is 5.10 Å². The topological polar surface area (TPSA) is 64.4 Å². The van der Waals surface area contributed by atoms with Crippen molar-refractivity contribution in [2.24, 2.45) is 5.92 Å². The molecule has 0 bridgehead atoms. The second-order valence-corrected chi connectivity index (χ2v) is 4.92. The van der Waals surface area contributed by atoms with E-state index in [4.69, 9.17) is 4.74 Å². The predicted molar refractivity (Wildman–Crippen MR) is 80.1 cm³/mol. The maximum atomic E-state index is 11.3. The van der Waals surface area contributed by atoms with Crippen molar-refractivity contribution in [3.63, 3.8) is 0 Å². The van der Waals surface area contributed by atoms with E-state index in [9.17, 15) is 9.90 Å². The fourth-order valence-electron chi connectivity index (χ4n) is 2.06. The second kappa shape index (κ2) is 6.92. The Morgan fingerprint density at radius 2 is 1.95 bits per heavy atom. The second-order valence-electron chi connectivity index (χ2n) is 4.92. The largest absolute Gasteiger partial charge is 0.489 e. The van der Waals surface area contributed by atoms with Crippen molar-refractivity contribution in [3.8, 4) is 11.4 Å². The van der Waals surface area contributed by atoms with Gasteiger partial charge >= 0.3 is 5.97 Å². The van der Waals surface area contributed by atoms with E-state index in [1.54, 1.807) is 6.20 Å². The van der Waals surface area contributed by atoms with Gasteiger partial charge in [-0.05, 0) is 18.1 Å². The van der Waals surface area contributed by atoms with Gasteiger partial charge in [0.15, 0.2) is 5.75 Å². The number of hydrogen-bond donors (Lipinski definition) is 1. The van der Waals surface area contributed by atoms with Crippen LogP contribution in [-0.2, 0) is 0 Å². The molecule has 21 heavy (non-hydrogen) atoms. The van der Waals surface area contributed by atoms with Gasteiger partial charge in [0, 0.05) is 0 Å². The molecule has 0 radical (unpaired) electrons. The van der Waals surface area contributed by atoms with Crippen molar-refractivity contribution in [1.29, 1.82) is 0 Å². The van der Waals surface area contributed by atoms with E-state index >= 15 is 0 Å². The Hall–Kier alpha value is -2.30. The fraction of sp³-hybridized carbons (Fsp3) is 0.375. The number of nitrogens with zero attached hydrogens (tertiary/aromatic N) is 2. The number of ether oxygens (including phenoxy) is 1. The fourth-order valence-corrected chi connectivity index (χ4v) is 2.06. The summed E-state index contributed by atoms with van der Waals surface area (Å²) >= 11 is 0. The predicted octanol–water partition coefficient (Wildman–Crippen LogP) is 3.39. The Kier molecular flexibility index (Phi) is 4.98. The van der Waals surface area contributed by atoms with Crippen LogP contribution in [0.1, 0.15) is 37.2 Å². The molecule has 0 aliphatic rings. The Labute approximate surface area is 124 Å². The van der Waals surface area contributed by atoms with Crippen LogP contribution >= 0.6 is 0 Å². The molecule has 0 aliphatic heterocycles. The highest BCUT2D eigenvalue weighted by Crippen LogP contribution is 2.21. The molecule has 0 aliphatic carbocycles. The average molecular weight is 288 g/mol. The minimum absolute atomic E-state index is 0.0511. The van der Waals surface area contributed by atoms with Gasteiger partial charge in [0.25, 0.3) is 0 Å². The Morgan fingerprint density at radius 1 is 1.29 bits per heavy atom. The number of hydrogen-bond acceptors (Lipinski definition) is 3. The smallest absolute Gasteiger partial charge is 0.360 e. The zero-order valence-corrected chi connectivity index (χ0v) is 12.3. The summed E-state index contributed by atoms with van der Waals surface area (Å²) in [5.74, 6) is -0.339. The first-order valence-corrected chi connectivity index (χ1v) is 7.16. The molecule has 0 unspecified atom stereocenters. The number of aromatic carboxylic acids is 1. The number of carboxylic acid groups (broad SMARTS) is 1. The number of benzene rings is 1. The molecule has 1 N–H and O–H groups in total. The van der Waals surface area contributed by atoms with E-state index in [1.165, 1.54) is 4.68 Å². The van der Waals surface area contributed by atoms with E-state index in [-0.39, 0.29) is 5.69 Å². The highest BCUT2D eigenvalue weighted by atomic mass is 16.5. The molecule has 112 valence electrons. The van der Waals surface area contributed by atoms with Gasteiger partial charge in [-0.15, -0.1) is 0 Å². The highest BCUT2D eigenvalue weighted by molar-refractivity contribution is 5.88. The van der Waals surface area contributed by atoms with Gasteiger partial charge < -0.3 is 9.84 Å². The van der Waals surface area contributed by atoms with Crippen LogP contribution in [0.15, 0.2) is 36.5 Å². The van der Waals surface area contributed by atoms with E-state index < -0.39 is 5.97 Å². The normalized spacial score (nSPS) is 10.8. The molecule has 0 saturated heterocycles. The number of carbonyl (C=O) groups is 1. The van der Waals surface area contributed by atoms with Crippen LogP contribution in [0.3, 0.4) is 0 Å². The molecule has 0 spiro atoms. The lowest BCUT2D eigenvalue weighted by molar-refractivity contribution is 0.0684. The molecule has 5 heteroatoms. The molecule has 1 aromatic carbocycles. The Morgan fingerprint density at radius 3 is 2.52 bits per heavy atom. The van der Waals surface area contributed by atoms with Gasteiger partial charge in [0.2, 0.25) is 5.69 Å². The molecule has 0 saturated carbocycles. The Bertz CT molecular complexity index is 589. The molecule has 2 aromatic rings. The van der Waals surface area contributed by atoms with Gasteiger partial charge in [0.1, 0.15) is 0 Å². The third kappa shape index (κ3) is 3.62. The van der Waals surface area contributed by atoms with Crippen molar-refractivity contribution in [2.45, 2.75) is 26.7 Å². The van der Waals surface area contributed by atoms with E-state index in [0.29, 0.717) is 18.3 Å². The number of carboxylic acids is 1. The minimum Gasteiger partial charge on any atom is -0.489 e. The molecule has 0 fully saturated rings. The quantitative estimate of drug-likeness (QED) is 0.848. The first-order valence-electron chi connectivity index (χ1n) is 7.16. The van der Waals surface area contributed by atoms with Gasteiger partial charge in [0.05, 0.1) is 18.5 Å². The van der Waals surface area contributed by atoms with Gasteiger partial charge in [-0.25, -0.2) is 9.48 Å². The van der Waals surface area contributed by atoms with Gasteiger partial charge in [-0.3, -0.25) is 0 Å². The van der Waals surface area contributed by atoms with Gasteiger partial charge in [-0.1, -0.05) is 44.9 Å². The molecular formula is C16H20N2O3. The summed E-state index contributed by atoms with van der Waals surface area (Å²) in [7, 11) is 0. The van der Waals surface area contributed by atoms with Crippen molar-refractivity contribution >= 4 is 5.97 Å². The van der Waals surface area contributed by atoms with Crippen molar-refractivity contribution in [3.05, 3.63) is 42.2 Å². The summed E-state index contributed by atoms with van der Waals surface area (Å²) in [6, 6.07) is 9.38. The summed E-state index contributed by atoms with van der Waals surface area (Å²) in [5, 5.41) is 13.4. The van der Waals surface area contributed by atoms with Crippen LogP contribution < -0.4 is 4.74 Å². The molecule has 1 aromatic heterocycles. The summed E-state index contributed by atoms with van der Waals surface area (Å²) in [4.78, 5) is 11.3. The highest BCUT2D eigenvalue weighted by Gasteiger charge is 2.18. The number of rotatable bonds is 7. The third-order valence-corrected chi connectivity index (χ3v) is 3.53. The van der Waals surface area contributed by atoms with Crippen molar-refractivity contribution < 1.29 is 14.6 Å². The summed E-state index contributed by atoms with van der Waals surface area (Å²) in [6.07, 6.45) is 3.64. The molecular weight excluding hydrogens is 268 g/mol. The summed E-state index contributed by atoms with van der Waals surface area (Å²) in [5.41, 5.74) is 0.752. The molecule has 5 nitrogen and oxygen atoms in total. The van der Waals surface area contributed by atoms with Crippen LogP contribution in [0.4, 0.5) is 0 Å². The van der Waals surface area contributed by atoms with Crippen molar-refractivity contribution in [1.82, 2.24) is 9.78 Å². The van der Waals surface area contributed by atoms with Crippen LogP contribution in [0.25, 0.3) is 5.69 Å². The molecule has 0 atom stereocenters. The molecule has 2 rings (SSSR count). The molecule has 1 heterocycles. The van der Waals surface area contributed by atoms with Crippen molar-refractivity contribution in [2.75, 3.05) is 6.61 Å². The number of para-hydroxylation sites is 1. The first-order chi connectivity index (χ1) is 10.2. The van der Waals surface area contributed by atoms with E-state index in [0.717, 1.165) is 18.5 Å². The lowest BCUT2D eigenvalue weighted by atomic mass is 10.1. The molecule has 0 amide bonds. The zero-order chi connectivity index (χ0) is 15.2. The first kappa shape index (κ1) is 15.1. The maximum Gasteiger partial charge on any atom is 0.360 e. The Balaban J connectivity index is 2.24. The average Bonchev–Trinajstić information content (AvgIpc) is 2.94.